The van der Waals surface area contributed by atoms with Gasteiger partial charge in [0.15, 0.2) is 0 Å². The first-order chi connectivity index (χ1) is 11.0. The summed E-state index contributed by atoms with van der Waals surface area (Å²) in [5.41, 5.74) is 1.77. The number of amides is 2. The second kappa shape index (κ2) is 8.31. The summed E-state index contributed by atoms with van der Waals surface area (Å²) in [6.07, 6.45) is 2.10. The van der Waals surface area contributed by atoms with Crippen LogP contribution in [-0.2, 0) is 4.74 Å². The number of carbonyl (C=O) groups is 1. The maximum absolute atomic E-state index is 12.2. The van der Waals surface area contributed by atoms with Gasteiger partial charge in [-0.15, -0.1) is 0 Å². The number of likely N-dealkylation sites (tertiary alicyclic amines) is 1. The maximum Gasteiger partial charge on any atom is 0.315 e. The molecule has 0 spiro atoms. The van der Waals surface area contributed by atoms with Gasteiger partial charge in [-0.25, -0.2) is 4.79 Å². The Morgan fingerprint density at radius 2 is 2.30 bits per heavy atom. The van der Waals surface area contributed by atoms with Crippen molar-refractivity contribution < 1.29 is 14.1 Å². The average Bonchev–Trinajstić information content (AvgIpc) is 2.84. The summed E-state index contributed by atoms with van der Waals surface area (Å²) in [4.78, 5) is 14.6. The fraction of sp³-hybridized carbons (Fsp3) is 0.750. The van der Waals surface area contributed by atoms with Crippen molar-refractivity contribution in [2.75, 3.05) is 33.4 Å². The van der Waals surface area contributed by atoms with Crippen LogP contribution in [0.1, 0.15) is 42.8 Å². The predicted octanol–water partition coefficient (Wildman–Crippen LogP) is 1.76. The van der Waals surface area contributed by atoms with Crippen LogP contribution in [-0.4, -0.2) is 55.5 Å². The second-order valence-corrected chi connectivity index (χ2v) is 6.21. The van der Waals surface area contributed by atoms with Crippen molar-refractivity contribution in [3.63, 3.8) is 0 Å². The highest BCUT2D eigenvalue weighted by Crippen LogP contribution is 2.20. The molecular weight excluding hydrogens is 296 g/mol. The van der Waals surface area contributed by atoms with Gasteiger partial charge in [-0.2, -0.15) is 0 Å². The third-order valence-corrected chi connectivity index (χ3v) is 4.32. The lowest BCUT2D eigenvalue weighted by atomic mass is 10.1. The van der Waals surface area contributed by atoms with Crippen LogP contribution in [0.5, 0.6) is 0 Å². The maximum atomic E-state index is 12.2. The van der Waals surface area contributed by atoms with Gasteiger partial charge in [0, 0.05) is 31.8 Å². The van der Waals surface area contributed by atoms with E-state index in [0.29, 0.717) is 0 Å². The summed E-state index contributed by atoms with van der Waals surface area (Å²) in [7, 11) is 1.71. The Morgan fingerprint density at radius 3 is 2.96 bits per heavy atom. The zero-order chi connectivity index (χ0) is 16.8. The molecule has 1 aliphatic rings. The van der Waals surface area contributed by atoms with E-state index in [-0.39, 0.29) is 18.1 Å². The number of rotatable bonds is 6. The monoisotopic (exact) mass is 324 g/mol. The zero-order valence-electron chi connectivity index (χ0n) is 14.5. The van der Waals surface area contributed by atoms with Crippen molar-refractivity contribution in [1.82, 2.24) is 20.7 Å². The second-order valence-electron chi connectivity index (χ2n) is 6.21. The Hall–Kier alpha value is -1.60. The van der Waals surface area contributed by atoms with E-state index in [1.807, 2.05) is 20.8 Å². The van der Waals surface area contributed by atoms with Gasteiger partial charge >= 0.3 is 6.03 Å². The van der Waals surface area contributed by atoms with Crippen molar-refractivity contribution in [3.05, 3.63) is 17.0 Å². The molecule has 130 valence electrons. The number of urea groups is 1. The first kappa shape index (κ1) is 17.7. The number of nitrogens with one attached hydrogen (secondary N) is 2. The van der Waals surface area contributed by atoms with Gasteiger partial charge in [-0.3, -0.25) is 4.90 Å². The molecule has 2 atom stereocenters. The number of methoxy groups -OCH3 is 1. The van der Waals surface area contributed by atoms with Crippen molar-refractivity contribution in [1.29, 1.82) is 0 Å². The summed E-state index contributed by atoms with van der Waals surface area (Å²) in [6, 6.07) is -0.0944. The number of piperidine rings is 1. The van der Waals surface area contributed by atoms with E-state index in [2.05, 4.69) is 20.7 Å². The van der Waals surface area contributed by atoms with Crippen LogP contribution in [0, 0.1) is 13.8 Å². The number of aromatic nitrogens is 1. The number of hydrogen-bond donors (Lipinski definition) is 2. The predicted molar refractivity (Wildman–Crippen MR) is 87.4 cm³/mol. The Kier molecular flexibility index (Phi) is 6.41. The molecular formula is C16H28N4O3. The van der Waals surface area contributed by atoms with Crippen LogP contribution in [0.2, 0.25) is 0 Å². The topological polar surface area (TPSA) is 79.6 Å². The van der Waals surface area contributed by atoms with E-state index in [1.54, 1.807) is 7.11 Å². The molecule has 2 N–H and O–H groups in total. The number of carbonyl (C=O) groups excluding carboxylic acids is 1. The highest BCUT2D eigenvalue weighted by Gasteiger charge is 2.23. The smallest absolute Gasteiger partial charge is 0.315 e. The van der Waals surface area contributed by atoms with Crippen molar-refractivity contribution >= 4 is 6.03 Å². The molecule has 0 aliphatic carbocycles. The Balaban J connectivity index is 1.82. The first-order valence-corrected chi connectivity index (χ1v) is 8.22. The molecule has 1 saturated heterocycles. The largest absolute Gasteiger partial charge is 0.383 e. The van der Waals surface area contributed by atoms with Crippen LogP contribution in [0.4, 0.5) is 4.79 Å². The lowest BCUT2D eigenvalue weighted by Gasteiger charge is -2.33. The molecule has 1 fully saturated rings. The van der Waals surface area contributed by atoms with E-state index in [1.165, 1.54) is 0 Å². The SMILES string of the molecule is COCCN1CCC[C@H](NC(=O)N[C@@H](C)c2c(C)noc2C)C1. The fourth-order valence-corrected chi connectivity index (χ4v) is 3.20. The molecule has 2 amide bonds. The lowest BCUT2D eigenvalue weighted by Crippen LogP contribution is -2.51. The minimum atomic E-state index is -0.143. The van der Waals surface area contributed by atoms with Crippen LogP contribution < -0.4 is 10.6 Å². The van der Waals surface area contributed by atoms with Crippen LogP contribution in [0.15, 0.2) is 4.52 Å². The molecule has 2 rings (SSSR count). The van der Waals surface area contributed by atoms with E-state index in [0.717, 1.165) is 56.1 Å². The Morgan fingerprint density at radius 1 is 1.52 bits per heavy atom. The quantitative estimate of drug-likeness (QED) is 0.833. The van der Waals surface area contributed by atoms with Gasteiger partial charge in [0.05, 0.1) is 18.3 Å². The number of ether oxygens (including phenoxy) is 1. The minimum absolute atomic E-state index is 0.130. The summed E-state index contributed by atoms with van der Waals surface area (Å²) in [5, 5.41) is 9.98. The highest BCUT2D eigenvalue weighted by molar-refractivity contribution is 5.74. The van der Waals surface area contributed by atoms with Crippen molar-refractivity contribution in [2.45, 2.75) is 45.7 Å². The normalized spacial score (nSPS) is 20.3. The van der Waals surface area contributed by atoms with E-state index >= 15 is 0 Å². The molecule has 7 heteroatoms. The van der Waals surface area contributed by atoms with E-state index in [4.69, 9.17) is 9.26 Å². The van der Waals surface area contributed by atoms with Gasteiger partial charge < -0.3 is 19.9 Å². The first-order valence-electron chi connectivity index (χ1n) is 8.22. The molecule has 0 radical (unpaired) electrons. The number of hydrogen-bond acceptors (Lipinski definition) is 5. The van der Waals surface area contributed by atoms with Gasteiger partial charge in [-0.1, -0.05) is 5.16 Å². The average molecular weight is 324 g/mol. The zero-order valence-corrected chi connectivity index (χ0v) is 14.5. The minimum Gasteiger partial charge on any atom is -0.383 e. The van der Waals surface area contributed by atoms with Gasteiger partial charge in [0.2, 0.25) is 0 Å². The molecule has 7 nitrogen and oxygen atoms in total. The summed E-state index contributed by atoms with van der Waals surface area (Å²) in [5.74, 6) is 0.749. The fourth-order valence-electron chi connectivity index (χ4n) is 3.20. The molecule has 2 heterocycles. The Labute approximate surface area is 137 Å². The highest BCUT2D eigenvalue weighted by atomic mass is 16.5. The molecule has 0 unspecified atom stereocenters. The molecule has 1 aliphatic heterocycles. The van der Waals surface area contributed by atoms with E-state index < -0.39 is 0 Å². The number of nitrogens with zero attached hydrogens (tertiary/aromatic N) is 2. The molecule has 0 bridgehead atoms. The molecule has 1 aromatic heterocycles. The van der Waals surface area contributed by atoms with Crippen LogP contribution >= 0.6 is 0 Å². The van der Waals surface area contributed by atoms with Gasteiger partial charge in [0.1, 0.15) is 5.76 Å². The summed E-state index contributed by atoms with van der Waals surface area (Å²) < 4.78 is 10.3. The molecule has 23 heavy (non-hydrogen) atoms. The lowest BCUT2D eigenvalue weighted by molar-refractivity contribution is 0.123. The van der Waals surface area contributed by atoms with E-state index in [9.17, 15) is 4.79 Å². The van der Waals surface area contributed by atoms with Crippen LogP contribution in [0.25, 0.3) is 0 Å². The van der Waals surface area contributed by atoms with Crippen molar-refractivity contribution in [2.24, 2.45) is 0 Å². The molecule has 0 saturated carbocycles. The Bertz CT molecular complexity index is 498. The summed E-state index contributed by atoms with van der Waals surface area (Å²) in [6.45, 7) is 9.26. The third kappa shape index (κ3) is 4.94. The third-order valence-electron chi connectivity index (χ3n) is 4.32. The molecule has 1 aromatic rings. The standard InChI is InChI=1S/C16H28N4O3/c1-11(15-12(2)19-23-13(15)3)17-16(21)18-14-6-5-7-20(10-14)8-9-22-4/h11,14H,5-10H2,1-4H3,(H2,17,18,21)/t11-,14-/m0/s1. The van der Waals surface area contributed by atoms with Gasteiger partial charge in [-0.05, 0) is 40.2 Å². The summed E-state index contributed by atoms with van der Waals surface area (Å²) >= 11 is 0. The van der Waals surface area contributed by atoms with Crippen LogP contribution in [0.3, 0.4) is 0 Å². The van der Waals surface area contributed by atoms with Crippen molar-refractivity contribution in [3.8, 4) is 0 Å². The van der Waals surface area contributed by atoms with Gasteiger partial charge in [0.25, 0.3) is 0 Å². The number of aryl methyl sites for hydroxylation is 2. The molecule has 0 aromatic carbocycles.